The van der Waals surface area contributed by atoms with E-state index < -0.39 is 0 Å². The molecule has 1 fully saturated rings. The molecule has 1 saturated heterocycles. The van der Waals surface area contributed by atoms with Crippen molar-refractivity contribution in [3.05, 3.63) is 83.4 Å². The van der Waals surface area contributed by atoms with Crippen molar-refractivity contribution in [2.75, 3.05) is 52.4 Å². The lowest BCUT2D eigenvalue weighted by atomic mass is 9.96. The van der Waals surface area contributed by atoms with Gasteiger partial charge in [-0.15, -0.1) is 0 Å². The van der Waals surface area contributed by atoms with Crippen LogP contribution >= 0.6 is 0 Å². The molecule has 3 aromatic carbocycles. The Morgan fingerprint density at radius 1 is 0.636 bits per heavy atom. The lowest BCUT2D eigenvalue weighted by Gasteiger charge is -2.41. The lowest BCUT2D eigenvalue weighted by Crippen LogP contribution is -2.48. The highest BCUT2D eigenvalue weighted by molar-refractivity contribution is 5.69. The lowest BCUT2D eigenvalue weighted by molar-refractivity contribution is 0.211. The SMILES string of the molecule is COc1ccc(N2CCN(C(c3ccc(F)cc3)c3ccc(F)cc3)CC2)c(OC)c1OC. The number of rotatable bonds is 7. The monoisotopic (exact) mass is 454 g/mol. The maximum absolute atomic E-state index is 13.6. The standard InChI is InChI=1S/C26H28F2N2O3/c1-31-23-13-12-22(25(32-2)26(23)33-3)29-14-16-30(17-15-29)24(18-4-8-20(27)9-5-18)19-6-10-21(28)11-7-19/h4-13,24H,14-17H2,1-3H3. The number of hydrogen-bond donors (Lipinski definition) is 0. The highest BCUT2D eigenvalue weighted by Crippen LogP contribution is 2.44. The van der Waals surface area contributed by atoms with Crippen molar-refractivity contribution in [2.45, 2.75) is 6.04 Å². The molecule has 0 radical (unpaired) electrons. The molecule has 0 bridgehead atoms. The molecular weight excluding hydrogens is 426 g/mol. The van der Waals surface area contributed by atoms with E-state index >= 15 is 0 Å². The van der Waals surface area contributed by atoms with E-state index in [1.807, 2.05) is 12.1 Å². The molecule has 0 N–H and O–H groups in total. The Kier molecular flexibility index (Phi) is 6.99. The summed E-state index contributed by atoms with van der Waals surface area (Å²) >= 11 is 0. The first-order valence-electron chi connectivity index (χ1n) is 10.8. The van der Waals surface area contributed by atoms with Gasteiger partial charge in [0.05, 0.1) is 33.1 Å². The summed E-state index contributed by atoms with van der Waals surface area (Å²) in [6.45, 7) is 3.03. The first kappa shape index (κ1) is 22.9. The Labute approximate surface area is 193 Å². The second-order valence-electron chi connectivity index (χ2n) is 7.88. The van der Waals surface area contributed by atoms with Gasteiger partial charge in [-0.25, -0.2) is 8.78 Å². The summed E-state index contributed by atoms with van der Waals surface area (Å²) in [5.74, 6) is 1.27. The Hall–Kier alpha value is -3.32. The van der Waals surface area contributed by atoms with E-state index in [1.54, 1.807) is 45.6 Å². The van der Waals surface area contributed by atoms with Crippen LogP contribution < -0.4 is 19.1 Å². The van der Waals surface area contributed by atoms with Crippen LogP contribution in [0.5, 0.6) is 17.2 Å². The zero-order valence-electron chi connectivity index (χ0n) is 19.1. The molecule has 33 heavy (non-hydrogen) atoms. The molecule has 0 aromatic heterocycles. The molecule has 0 atom stereocenters. The van der Waals surface area contributed by atoms with Gasteiger partial charge >= 0.3 is 0 Å². The largest absolute Gasteiger partial charge is 0.493 e. The van der Waals surface area contributed by atoms with Gasteiger partial charge in [-0.05, 0) is 47.5 Å². The van der Waals surface area contributed by atoms with Crippen LogP contribution in [0.2, 0.25) is 0 Å². The van der Waals surface area contributed by atoms with Crippen molar-refractivity contribution in [3.8, 4) is 17.2 Å². The highest BCUT2D eigenvalue weighted by atomic mass is 19.1. The molecule has 1 aliphatic rings. The van der Waals surface area contributed by atoms with Crippen LogP contribution in [0, 0.1) is 11.6 Å². The maximum atomic E-state index is 13.6. The normalized spacial score (nSPS) is 14.4. The molecule has 3 aromatic rings. The fraction of sp³-hybridized carbons (Fsp3) is 0.308. The van der Waals surface area contributed by atoms with Crippen molar-refractivity contribution < 1.29 is 23.0 Å². The summed E-state index contributed by atoms with van der Waals surface area (Å²) in [7, 11) is 4.81. The van der Waals surface area contributed by atoms with E-state index in [1.165, 1.54) is 24.3 Å². The molecule has 174 valence electrons. The van der Waals surface area contributed by atoms with Gasteiger partial charge in [-0.3, -0.25) is 4.90 Å². The molecule has 4 rings (SSSR count). The molecule has 0 aliphatic carbocycles. The third kappa shape index (κ3) is 4.73. The average Bonchev–Trinajstić information content (AvgIpc) is 2.86. The van der Waals surface area contributed by atoms with E-state index in [0.717, 1.165) is 43.0 Å². The average molecular weight is 455 g/mol. The van der Waals surface area contributed by atoms with Gasteiger partial charge < -0.3 is 19.1 Å². The Morgan fingerprint density at radius 2 is 1.15 bits per heavy atom. The molecule has 5 nitrogen and oxygen atoms in total. The van der Waals surface area contributed by atoms with Crippen molar-refractivity contribution in [3.63, 3.8) is 0 Å². The van der Waals surface area contributed by atoms with Gasteiger partial charge in [0, 0.05) is 26.2 Å². The molecular formula is C26H28F2N2O3. The Morgan fingerprint density at radius 3 is 1.61 bits per heavy atom. The second kappa shape index (κ2) is 10.1. The van der Waals surface area contributed by atoms with Crippen LogP contribution in [0.3, 0.4) is 0 Å². The van der Waals surface area contributed by atoms with Gasteiger partial charge in [0.15, 0.2) is 11.5 Å². The van der Waals surface area contributed by atoms with Crippen molar-refractivity contribution in [1.82, 2.24) is 4.90 Å². The number of piperazine rings is 1. The van der Waals surface area contributed by atoms with E-state index in [0.29, 0.717) is 17.2 Å². The van der Waals surface area contributed by atoms with Gasteiger partial charge in [-0.2, -0.15) is 0 Å². The Bertz CT molecular complexity index is 1020. The molecule has 0 amide bonds. The summed E-state index contributed by atoms with van der Waals surface area (Å²) in [6, 6.07) is 16.8. The van der Waals surface area contributed by atoms with Crippen LogP contribution in [0.4, 0.5) is 14.5 Å². The molecule has 0 unspecified atom stereocenters. The minimum absolute atomic E-state index is 0.0966. The summed E-state index contributed by atoms with van der Waals surface area (Å²) in [4.78, 5) is 4.59. The van der Waals surface area contributed by atoms with Gasteiger partial charge in [-0.1, -0.05) is 24.3 Å². The van der Waals surface area contributed by atoms with Gasteiger partial charge in [0.1, 0.15) is 11.6 Å². The molecule has 7 heteroatoms. The fourth-order valence-electron chi connectivity index (χ4n) is 4.46. The first-order chi connectivity index (χ1) is 16.0. The molecule has 1 heterocycles. The van der Waals surface area contributed by atoms with Crippen molar-refractivity contribution in [2.24, 2.45) is 0 Å². The minimum atomic E-state index is -0.276. The highest BCUT2D eigenvalue weighted by Gasteiger charge is 2.29. The zero-order chi connectivity index (χ0) is 23.4. The topological polar surface area (TPSA) is 34.2 Å². The number of methoxy groups -OCH3 is 3. The van der Waals surface area contributed by atoms with Crippen LogP contribution in [0.1, 0.15) is 17.2 Å². The first-order valence-corrected chi connectivity index (χ1v) is 10.8. The molecule has 1 aliphatic heterocycles. The summed E-state index contributed by atoms with van der Waals surface area (Å²) in [6.07, 6.45) is 0. The quantitative estimate of drug-likeness (QED) is 0.507. The Balaban J connectivity index is 1.59. The summed E-state index contributed by atoms with van der Waals surface area (Å²) in [5, 5.41) is 0. The number of ether oxygens (including phenoxy) is 3. The second-order valence-corrected chi connectivity index (χ2v) is 7.88. The van der Waals surface area contributed by atoms with Crippen LogP contribution in [0.15, 0.2) is 60.7 Å². The van der Waals surface area contributed by atoms with E-state index in [-0.39, 0.29) is 17.7 Å². The fourth-order valence-corrected chi connectivity index (χ4v) is 4.46. The minimum Gasteiger partial charge on any atom is -0.493 e. The summed E-state index contributed by atoms with van der Waals surface area (Å²) in [5.41, 5.74) is 2.88. The van der Waals surface area contributed by atoms with Crippen LogP contribution in [0.25, 0.3) is 0 Å². The van der Waals surface area contributed by atoms with Gasteiger partial charge in [0.25, 0.3) is 0 Å². The van der Waals surface area contributed by atoms with E-state index in [2.05, 4.69) is 9.80 Å². The predicted octanol–water partition coefficient (Wildman–Crippen LogP) is 4.90. The van der Waals surface area contributed by atoms with E-state index in [9.17, 15) is 8.78 Å². The van der Waals surface area contributed by atoms with Gasteiger partial charge in [0.2, 0.25) is 5.75 Å². The van der Waals surface area contributed by atoms with Crippen LogP contribution in [-0.2, 0) is 0 Å². The van der Waals surface area contributed by atoms with Crippen molar-refractivity contribution >= 4 is 5.69 Å². The predicted molar refractivity (Wildman–Crippen MR) is 125 cm³/mol. The number of halogens is 2. The number of hydrogen-bond acceptors (Lipinski definition) is 5. The third-order valence-corrected chi connectivity index (χ3v) is 6.07. The number of nitrogens with zero attached hydrogens (tertiary/aromatic N) is 2. The number of anilines is 1. The van der Waals surface area contributed by atoms with Crippen molar-refractivity contribution in [1.29, 1.82) is 0 Å². The molecule has 0 spiro atoms. The van der Waals surface area contributed by atoms with Crippen LogP contribution in [-0.4, -0.2) is 52.4 Å². The third-order valence-electron chi connectivity index (χ3n) is 6.07. The van der Waals surface area contributed by atoms with E-state index in [4.69, 9.17) is 14.2 Å². The number of benzene rings is 3. The zero-order valence-corrected chi connectivity index (χ0v) is 19.1. The molecule has 0 saturated carbocycles. The summed E-state index contributed by atoms with van der Waals surface area (Å²) < 4.78 is 43.7. The smallest absolute Gasteiger partial charge is 0.205 e. The maximum Gasteiger partial charge on any atom is 0.205 e.